The molecule has 1 aromatic heterocycles. The SMILES string of the molecule is CC(CCN)C(=O)Nc1cccc2cnccc12. The molecular formula is C14H17N3O. The van der Waals surface area contributed by atoms with Crippen LogP contribution in [0.25, 0.3) is 10.8 Å². The number of amides is 1. The van der Waals surface area contributed by atoms with Crippen molar-refractivity contribution in [3.8, 4) is 0 Å². The van der Waals surface area contributed by atoms with Crippen LogP contribution >= 0.6 is 0 Å². The molecule has 2 rings (SSSR count). The highest BCUT2D eigenvalue weighted by molar-refractivity contribution is 6.02. The summed E-state index contributed by atoms with van der Waals surface area (Å²) in [5, 5.41) is 4.96. The van der Waals surface area contributed by atoms with Crippen LogP contribution in [-0.4, -0.2) is 17.4 Å². The van der Waals surface area contributed by atoms with Crippen LogP contribution in [0.5, 0.6) is 0 Å². The summed E-state index contributed by atoms with van der Waals surface area (Å²) >= 11 is 0. The van der Waals surface area contributed by atoms with Crippen LogP contribution in [0.3, 0.4) is 0 Å². The van der Waals surface area contributed by atoms with E-state index in [4.69, 9.17) is 5.73 Å². The molecule has 94 valence electrons. The summed E-state index contributed by atoms with van der Waals surface area (Å²) in [6.07, 6.45) is 4.20. The van der Waals surface area contributed by atoms with Gasteiger partial charge in [0.1, 0.15) is 0 Å². The number of aromatic nitrogens is 1. The largest absolute Gasteiger partial charge is 0.330 e. The van der Waals surface area contributed by atoms with E-state index in [1.54, 1.807) is 12.4 Å². The van der Waals surface area contributed by atoms with E-state index >= 15 is 0 Å². The van der Waals surface area contributed by atoms with Crippen LogP contribution < -0.4 is 11.1 Å². The lowest BCUT2D eigenvalue weighted by molar-refractivity contribution is -0.119. The molecule has 0 fully saturated rings. The summed E-state index contributed by atoms with van der Waals surface area (Å²) in [4.78, 5) is 16.0. The van der Waals surface area contributed by atoms with Gasteiger partial charge in [-0.15, -0.1) is 0 Å². The van der Waals surface area contributed by atoms with Crippen molar-refractivity contribution in [2.24, 2.45) is 11.7 Å². The Balaban J connectivity index is 2.24. The summed E-state index contributed by atoms with van der Waals surface area (Å²) in [5.74, 6) is -0.0724. The zero-order chi connectivity index (χ0) is 13.0. The molecule has 1 aromatic carbocycles. The molecule has 3 N–H and O–H groups in total. The van der Waals surface area contributed by atoms with E-state index in [1.807, 2.05) is 31.2 Å². The molecule has 0 aliphatic rings. The number of anilines is 1. The standard InChI is InChI=1S/C14H17N3O/c1-10(5-7-15)14(18)17-13-4-2-3-11-9-16-8-6-12(11)13/h2-4,6,8-10H,5,7,15H2,1H3,(H,17,18). The van der Waals surface area contributed by atoms with Gasteiger partial charge in [0.15, 0.2) is 0 Å². The van der Waals surface area contributed by atoms with E-state index in [0.717, 1.165) is 16.5 Å². The van der Waals surface area contributed by atoms with Crippen molar-refractivity contribution in [3.63, 3.8) is 0 Å². The molecule has 0 saturated carbocycles. The third-order valence-electron chi connectivity index (χ3n) is 2.99. The van der Waals surface area contributed by atoms with Crippen molar-refractivity contribution in [1.82, 2.24) is 4.98 Å². The maximum Gasteiger partial charge on any atom is 0.227 e. The first kappa shape index (κ1) is 12.5. The van der Waals surface area contributed by atoms with Crippen molar-refractivity contribution in [1.29, 1.82) is 0 Å². The predicted octanol–water partition coefficient (Wildman–Crippen LogP) is 2.16. The van der Waals surface area contributed by atoms with Gasteiger partial charge in [0, 0.05) is 34.8 Å². The van der Waals surface area contributed by atoms with Crippen LogP contribution in [0, 0.1) is 5.92 Å². The molecule has 1 amide bonds. The van der Waals surface area contributed by atoms with Gasteiger partial charge in [0.25, 0.3) is 0 Å². The Bertz CT molecular complexity index is 548. The molecule has 0 aliphatic heterocycles. The highest BCUT2D eigenvalue weighted by Crippen LogP contribution is 2.22. The summed E-state index contributed by atoms with van der Waals surface area (Å²) in [7, 11) is 0. The van der Waals surface area contributed by atoms with E-state index in [-0.39, 0.29) is 11.8 Å². The summed E-state index contributed by atoms with van der Waals surface area (Å²) in [5.41, 5.74) is 6.29. The van der Waals surface area contributed by atoms with Crippen molar-refractivity contribution < 1.29 is 4.79 Å². The van der Waals surface area contributed by atoms with Crippen LogP contribution in [0.15, 0.2) is 36.7 Å². The number of nitrogens with two attached hydrogens (primary N) is 1. The van der Waals surface area contributed by atoms with Gasteiger partial charge in [-0.1, -0.05) is 19.1 Å². The Kier molecular flexibility index (Phi) is 3.89. The molecule has 0 spiro atoms. The minimum Gasteiger partial charge on any atom is -0.330 e. The van der Waals surface area contributed by atoms with E-state index in [9.17, 15) is 4.79 Å². The number of rotatable bonds is 4. The van der Waals surface area contributed by atoms with E-state index < -0.39 is 0 Å². The number of hydrogen-bond acceptors (Lipinski definition) is 3. The number of hydrogen-bond donors (Lipinski definition) is 2. The van der Waals surface area contributed by atoms with Crippen LogP contribution in [0.2, 0.25) is 0 Å². The molecule has 0 bridgehead atoms. The predicted molar refractivity (Wildman–Crippen MR) is 73.2 cm³/mol. The second-order valence-electron chi connectivity index (χ2n) is 4.37. The molecule has 1 atom stereocenters. The molecule has 4 heteroatoms. The lowest BCUT2D eigenvalue weighted by Gasteiger charge is -2.12. The molecule has 4 nitrogen and oxygen atoms in total. The minimum absolute atomic E-state index is 0.00441. The lowest BCUT2D eigenvalue weighted by atomic mass is 10.1. The van der Waals surface area contributed by atoms with E-state index in [2.05, 4.69) is 10.3 Å². The van der Waals surface area contributed by atoms with Gasteiger partial charge in [0.2, 0.25) is 5.91 Å². The quantitative estimate of drug-likeness (QED) is 0.864. The smallest absolute Gasteiger partial charge is 0.227 e. The third-order valence-corrected chi connectivity index (χ3v) is 2.99. The van der Waals surface area contributed by atoms with Crippen LogP contribution in [-0.2, 0) is 4.79 Å². The monoisotopic (exact) mass is 243 g/mol. The average molecular weight is 243 g/mol. The Morgan fingerprint density at radius 3 is 3.06 bits per heavy atom. The van der Waals surface area contributed by atoms with Gasteiger partial charge in [-0.3, -0.25) is 9.78 Å². The van der Waals surface area contributed by atoms with Crippen molar-refractivity contribution in [3.05, 3.63) is 36.7 Å². The highest BCUT2D eigenvalue weighted by atomic mass is 16.1. The number of benzene rings is 1. The maximum absolute atomic E-state index is 12.0. The summed E-state index contributed by atoms with van der Waals surface area (Å²) in [6.45, 7) is 2.41. The van der Waals surface area contributed by atoms with Crippen molar-refractivity contribution in [2.45, 2.75) is 13.3 Å². The Morgan fingerprint density at radius 1 is 1.44 bits per heavy atom. The average Bonchev–Trinajstić information content (AvgIpc) is 2.39. The molecule has 1 heterocycles. The van der Waals surface area contributed by atoms with Crippen molar-refractivity contribution >= 4 is 22.4 Å². The van der Waals surface area contributed by atoms with Crippen molar-refractivity contribution in [2.75, 3.05) is 11.9 Å². The second kappa shape index (κ2) is 5.60. The fourth-order valence-electron chi connectivity index (χ4n) is 1.87. The molecule has 0 saturated heterocycles. The Labute approximate surface area is 106 Å². The number of carbonyl (C=O) groups is 1. The number of fused-ring (bicyclic) bond motifs is 1. The van der Waals surface area contributed by atoms with E-state index in [1.165, 1.54) is 0 Å². The van der Waals surface area contributed by atoms with Gasteiger partial charge >= 0.3 is 0 Å². The Morgan fingerprint density at radius 2 is 2.28 bits per heavy atom. The minimum atomic E-state index is -0.0768. The van der Waals surface area contributed by atoms with Gasteiger partial charge in [0.05, 0.1) is 0 Å². The van der Waals surface area contributed by atoms with Crippen LogP contribution in [0.1, 0.15) is 13.3 Å². The lowest BCUT2D eigenvalue weighted by Crippen LogP contribution is -2.22. The topological polar surface area (TPSA) is 68.0 Å². The molecule has 2 aromatic rings. The number of pyridine rings is 1. The second-order valence-corrected chi connectivity index (χ2v) is 4.37. The Hall–Kier alpha value is -1.94. The first-order valence-corrected chi connectivity index (χ1v) is 6.06. The molecule has 1 unspecified atom stereocenters. The van der Waals surface area contributed by atoms with Gasteiger partial charge in [-0.05, 0) is 25.1 Å². The summed E-state index contributed by atoms with van der Waals surface area (Å²) < 4.78 is 0. The van der Waals surface area contributed by atoms with E-state index in [0.29, 0.717) is 13.0 Å². The molecule has 0 radical (unpaired) electrons. The zero-order valence-corrected chi connectivity index (χ0v) is 10.4. The van der Waals surface area contributed by atoms with Gasteiger partial charge in [-0.25, -0.2) is 0 Å². The fourth-order valence-corrected chi connectivity index (χ4v) is 1.87. The van der Waals surface area contributed by atoms with Gasteiger partial charge in [-0.2, -0.15) is 0 Å². The number of nitrogens with one attached hydrogen (secondary N) is 1. The molecular weight excluding hydrogens is 226 g/mol. The third kappa shape index (κ3) is 2.65. The maximum atomic E-state index is 12.0. The normalized spacial score (nSPS) is 12.3. The summed E-state index contributed by atoms with van der Waals surface area (Å²) in [6, 6.07) is 7.68. The molecule has 18 heavy (non-hydrogen) atoms. The highest BCUT2D eigenvalue weighted by Gasteiger charge is 2.12. The first-order chi connectivity index (χ1) is 8.72. The number of nitrogens with zero attached hydrogens (tertiary/aromatic N) is 1. The van der Waals surface area contributed by atoms with Crippen LogP contribution in [0.4, 0.5) is 5.69 Å². The number of carbonyl (C=O) groups excluding carboxylic acids is 1. The first-order valence-electron chi connectivity index (χ1n) is 6.06. The molecule has 0 aliphatic carbocycles. The zero-order valence-electron chi connectivity index (χ0n) is 10.4. The van der Waals surface area contributed by atoms with Gasteiger partial charge < -0.3 is 11.1 Å². The fraction of sp³-hybridized carbons (Fsp3) is 0.286.